The molecule has 0 saturated carbocycles. The lowest BCUT2D eigenvalue weighted by Crippen LogP contribution is -2.33. The number of unbranched alkanes of at least 4 members (excludes halogenated alkanes) is 2. The Bertz CT molecular complexity index is 1260. The van der Waals surface area contributed by atoms with E-state index in [0.29, 0.717) is 49.4 Å². The van der Waals surface area contributed by atoms with Crippen molar-refractivity contribution in [2.45, 2.75) is 70.9 Å². The highest BCUT2D eigenvalue weighted by atomic mass is 32.2. The van der Waals surface area contributed by atoms with Crippen LogP contribution in [-0.2, 0) is 28.9 Å². The smallest absolute Gasteiger partial charge is 0.230 e. The molecular weight excluding hydrogens is 562 g/mol. The highest BCUT2D eigenvalue weighted by Crippen LogP contribution is 2.13. The van der Waals surface area contributed by atoms with E-state index in [1.807, 2.05) is 54.6 Å². The fourth-order valence-electron chi connectivity index (χ4n) is 4.08. The van der Waals surface area contributed by atoms with Gasteiger partial charge >= 0.3 is 0 Å². The minimum Gasteiger partial charge on any atom is -0.402 e. The van der Waals surface area contributed by atoms with Crippen LogP contribution in [0.2, 0.25) is 0 Å². The van der Waals surface area contributed by atoms with Gasteiger partial charge in [-0.2, -0.15) is 0 Å². The van der Waals surface area contributed by atoms with E-state index in [1.165, 1.54) is 0 Å². The summed E-state index contributed by atoms with van der Waals surface area (Å²) >= 11 is 0.937. The third-order valence-electron chi connectivity index (χ3n) is 6.25. The van der Waals surface area contributed by atoms with Crippen LogP contribution in [0, 0.1) is 10.8 Å². The van der Waals surface area contributed by atoms with Gasteiger partial charge in [0.25, 0.3) is 0 Å². The van der Waals surface area contributed by atoms with Gasteiger partial charge in [0.05, 0.1) is 23.7 Å². The SMILES string of the molecule is CCCCNC(=O)Cc1cccc(CC(O)N/C(N)=C/C=C(\N)CCCCC(=N)SC(=N)NC(=O)Cc2ccccc2)c1. The van der Waals surface area contributed by atoms with Crippen LogP contribution in [0.3, 0.4) is 0 Å². The van der Waals surface area contributed by atoms with Gasteiger partial charge in [-0.05, 0) is 72.7 Å². The average Bonchev–Trinajstić information content (AvgIpc) is 2.95. The third-order valence-corrected chi connectivity index (χ3v) is 7.01. The molecule has 232 valence electrons. The molecule has 0 spiro atoms. The summed E-state index contributed by atoms with van der Waals surface area (Å²) in [6.07, 6.45) is 7.70. The van der Waals surface area contributed by atoms with Gasteiger partial charge in [-0.3, -0.25) is 20.4 Å². The molecule has 10 nitrogen and oxygen atoms in total. The number of rotatable bonds is 17. The molecule has 0 aliphatic rings. The summed E-state index contributed by atoms with van der Waals surface area (Å²) in [4.78, 5) is 24.1. The molecule has 1 atom stereocenters. The van der Waals surface area contributed by atoms with Crippen LogP contribution < -0.4 is 27.4 Å². The summed E-state index contributed by atoms with van der Waals surface area (Å²) in [6.45, 7) is 2.76. The van der Waals surface area contributed by atoms with Crippen molar-refractivity contribution in [3.05, 3.63) is 95.0 Å². The number of aliphatic hydroxyl groups excluding tert-OH is 1. The van der Waals surface area contributed by atoms with E-state index in [0.717, 1.165) is 47.7 Å². The summed E-state index contributed by atoms with van der Waals surface area (Å²) in [6, 6.07) is 16.9. The molecule has 2 aromatic rings. The zero-order chi connectivity index (χ0) is 31.5. The quantitative estimate of drug-likeness (QED) is 0.0441. The second kappa shape index (κ2) is 19.9. The van der Waals surface area contributed by atoms with Crippen LogP contribution in [0.15, 0.2) is 78.3 Å². The second-order valence-corrected chi connectivity index (χ2v) is 11.3. The largest absolute Gasteiger partial charge is 0.402 e. The van der Waals surface area contributed by atoms with Crippen molar-refractivity contribution < 1.29 is 14.7 Å². The van der Waals surface area contributed by atoms with Gasteiger partial charge in [0.2, 0.25) is 11.8 Å². The van der Waals surface area contributed by atoms with Crippen LogP contribution in [-0.4, -0.2) is 39.9 Å². The maximum Gasteiger partial charge on any atom is 0.230 e. The summed E-state index contributed by atoms with van der Waals surface area (Å²) in [5.41, 5.74) is 15.3. The molecule has 10 N–H and O–H groups in total. The van der Waals surface area contributed by atoms with E-state index in [9.17, 15) is 14.7 Å². The average molecular weight is 608 g/mol. The normalized spacial score (nSPS) is 12.3. The standard InChI is InChI=1S/C32H45N7O3S/c1-2-3-18-37-29(40)21-24-12-9-13-25(19-24)22-30(41)38-27(34)17-16-26(33)14-7-8-15-28(35)43-32(36)39-31(42)20-23-10-5-4-6-11-23/h4-6,9-13,16-17,19,30,35,38,41H,2-3,7-8,14-15,18,20-22,33-34H2,1H3,(H,37,40)(H2,36,39,42)/b26-16-,27-17+,35-28?. The predicted octanol–water partition coefficient (Wildman–Crippen LogP) is 3.80. The number of hydrogen-bond acceptors (Lipinski definition) is 9. The molecule has 11 heteroatoms. The van der Waals surface area contributed by atoms with E-state index in [4.69, 9.17) is 22.3 Å². The van der Waals surface area contributed by atoms with Crippen LogP contribution in [0.4, 0.5) is 0 Å². The van der Waals surface area contributed by atoms with Crippen molar-refractivity contribution in [3.8, 4) is 0 Å². The van der Waals surface area contributed by atoms with Crippen LogP contribution in [0.1, 0.15) is 62.1 Å². The minimum atomic E-state index is -0.912. The number of carbonyl (C=O) groups excluding carboxylic acids is 2. The zero-order valence-corrected chi connectivity index (χ0v) is 25.6. The Kier molecular flexibility index (Phi) is 16.3. The van der Waals surface area contributed by atoms with Gasteiger partial charge in [0.1, 0.15) is 6.23 Å². The van der Waals surface area contributed by atoms with Gasteiger partial charge in [-0.15, -0.1) is 0 Å². The van der Waals surface area contributed by atoms with Crippen LogP contribution in [0.5, 0.6) is 0 Å². The number of nitrogens with two attached hydrogens (primary N) is 2. The first-order valence-corrected chi connectivity index (χ1v) is 15.3. The Hall–Kier alpha value is -4.09. The molecule has 0 aliphatic carbocycles. The maximum atomic E-state index is 12.1. The third kappa shape index (κ3) is 16.2. The summed E-state index contributed by atoms with van der Waals surface area (Å²) in [7, 11) is 0. The molecule has 2 rings (SSSR count). The van der Waals surface area contributed by atoms with Crippen molar-refractivity contribution in [2.75, 3.05) is 6.54 Å². The number of benzene rings is 2. The Balaban J connectivity index is 1.65. The van der Waals surface area contributed by atoms with Gasteiger partial charge < -0.3 is 32.5 Å². The number of nitrogens with one attached hydrogen (secondary N) is 5. The molecule has 0 heterocycles. The molecule has 2 aromatic carbocycles. The Morgan fingerprint density at radius 2 is 1.58 bits per heavy atom. The molecule has 0 saturated heterocycles. The Morgan fingerprint density at radius 3 is 2.33 bits per heavy atom. The van der Waals surface area contributed by atoms with E-state index < -0.39 is 6.23 Å². The maximum absolute atomic E-state index is 12.1. The molecule has 1 unspecified atom stereocenters. The number of thioether (sulfide) groups is 1. The van der Waals surface area contributed by atoms with Crippen molar-refractivity contribution in [1.29, 1.82) is 10.8 Å². The van der Waals surface area contributed by atoms with Crippen molar-refractivity contribution >= 4 is 33.8 Å². The highest BCUT2D eigenvalue weighted by molar-refractivity contribution is 8.26. The monoisotopic (exact) mass is 607 g/mol. The highest BCUT2D eigenvalue weighted by Gasteiger charge is 2.10. The van der Waals surface area contributed by atoms with E-state index in [-0.39, 0.29) is 29.2 Å². The first-order chi connectivity index (χ1) is 20.6. The lowest BCUT2D eigenvalue weighted by molar-refractivity contribution is -0.120. The molecule has 0 aromatic heterocycles. The Morgan fingerprint density at radius 1 is 0.907 bits per heavy atom. The molecule has 0 radical (unpaired) electrons. The fraction of sp³-hybridized carbons (Fsp3) is 0.375. The van der Waals surface area contributed by atoms with Crippen molar-refractivity contribution in [3.63, 3.8) is 0 Å². The second-order valence-electron chi connectivity index (χ2n) is 10.2. The first-order valence-electron chi connectivity index (χ1n) is 14.5. The van der Waals surface area contributed by atoms with Crippen LogP contribution >= 0.6 is 11.8 Å². The lowest BCUT2D eigenvalue weighted by atomic mass is 10.0. The number of hydrogen-bond donors (Lipinski definition) is 8. The van der Waals surface area contributed by atoms with Crippen LogP contribution in [0.25, 0.3) is 0 Å². The van der Waals surface area contributed by atoms with Gasteiger partial charge in [0.15, 0.2) is 5.17 Å². The van der Waals surface area contributed by atoms with Crippen molar-refractivity contribution in [2.24, 2.45) is 11.5 Å². The molecule has 2 amide bonds. The molecule has 43 heavy (non-hydrogen) atoms. The summed E-state index contributed by atoms with van der Waals surface area (Å²) < 4.78 is 0. The predicted molar refractivity (Wildman–Crippen MR) is 175 cm³/mol. The minimum absolute atomic E-state index is 0.0152. The number of amides is 2. The van der Waals surface area contributed by atoms with E-state index in [1.54, 1.807) is 12.2 Å². The molecule has 0 fully saturated rings. The zero-order valence-electron chi connectivity index (χ0n) is 24.8. The fourth-order valence-corrected chi connectivity index (χ4v) is 4.74. The lowest BCUT2D eigenvalue weighted by Gasteiger charge is -2.15. The topological polar surface area (TPSA) is 190 Å². The van der Waals surface area contributed by atoms with E-state index >= 15 is 0 Å². The van der Waals surface area contributed by atoms with Gasteiger partial charge in [0, 0.05) is 18.7 Å². The molecule has 0 bridgehead atoms. The molecule has 0 aliphatic heterocycles. The van der Waals surface area contributed by atoms with E-state index in [2.05, 4.69) is 22.9 Å². The number of aliphatic hydroxyl groups is 1. The number of allylic oxidation sites excluding steroid dienone is 3. The van der Waals surface area contributed by atoms with Gasteiger partial charge in [-0.1, -0.05) is 67.9 Å². The van der Waals surface area contributed by atoms with Gasteiger partial charge in [-0.25, -0.2) is 0 Å². The molecular formula is C32H45N7O3S. The number of carbonyl (C=O) groups is 2. The first kappa shape index (κ1) is 35.1. The summed E-state index contributed by atoms with van der Waals surface area (Å²) in [5, 5.41) is 35.0. The Labute approximate surface area is 258 Å². The van der Waals surface area contributed by atoms with Crippen molar-refractivity contribution in [1.82, 2.24) is 16.0 Å². The summed E-state index contributed by atoms with van der Waals surface area (Å²) in [5.74, 6) is -0.0246. The number of amidine groups is 1.